The zero-order valence-corrected chi connectivity index (χ0v) is 10.00. The van der Waals surface area contributed by atoms with Crippen LogP contribution >= 0.6 is 23.5 Å². The summed E-state index contributed by atoms with van der Waals surface area (Å²) in [6.45, 7) is 0. The molecule has 0 aromatic heterocycles. The largest absolute Gasteiger partial charge is 0.465 e. The minimum Gasteiger partial charge on any atom is -0.465 e. The Labute approximate surface area is 92.4 Å². The van der Waals surface area contributed by atoms with E-state index in [1.165, 1.54) is 7.11 Å². The topological polar surface area (TPSA) is 26.3 Å². The van der Waals surface area contributed by atoms with Gasteiger partial charge in [0.1, 0.15) is 0 Å². The number of carbonyl (C=O) groups excluding carboxylic acids is 1. The van der Waals surface area contributed by atoms with Crippen molar-refractivity contribution in [1.82, 2.24) is 0 Å². The molecule has 0 N–H and O–H groups in total. The molecule has 1 rings (SSSR count). The second-order valence-electron chi connectivity index (χ2n) is 2.56. The average Bonchev–Trinajstić information content (AvgIpc) is 2.27. The molecule has 0 unspecified atom stereocenters. The highest BCUT2D eigenvalue weighted by atomic mass is 32.2. The van der Waals surface area contributed by atoms with Crippen LogP contribution in [0.1, 0.15) is 10.4 Å². The van der Waals surface area contributed by atoms with Gasteiger partial charge in [0.05, 0.1) is 12.7 Å². The van der Waals surface area contributed by atoms with Crippen molar-refractivity contribution in [2.45, 2.75) is 9.79 Å². The molecular formula is C10H12O2S2. The quantitative estimate of drug-likeness (QED) is 0.587. The molecule has 0 saturated carbocycles. The van der Waals surface area contributed by atoms with Crippen LogP contribution in [-0.2, 0) is 4.74 Å². The molecule has 0 bridgehead atoms. The van der Waals surface area contributed by atoms with E-state index in [2.05, 4.69) is 0 Å². The lowest BCUT2D eigenvalue weighted by atomic mass is 10.2. The number of esters is 1. The smallest absolute Gasteiger partial charge is 0.338 e. The lowest BCUT2D eigenvalue weighted by Gasteiger charge is -2.06. The molecular weight excluding hydrogens is 216 g/mol. The molecule has 0 spiro atoms. The van der Waals surface area contributed by atoms with Gasteiger partial charge in [-0.25, -0.2) is 4.79 Å². The van der Waals surface area contributed by atoms with Crippen molar-refractivity contribution >= 4 is 29.5 Å². The lowest BCUT2D eigenvalue weighted by molar-refractivity contribution is 0.0596. The van der Waals surface area contributed by atoms with Crippen LogP contribution in [0.4, 0.5) is 0 Å². The summed E-state index contributed by atoms with van der Waals surface area (Å²) in [4.78, 5) is 13.5. The first-order valence-electron chi connectivity index (χ1n) is 4.03. The van der Waals surface area contributed by atoms with Crippen molar-refractivity contribution < 1.29 is 9.53 Å². The van der Waals surface area contributed by atoms with Gasteiger partial charge in [-0.1, -0.05) is 0 Å². The molecule has 0 aliphatic rings. The molecule has 0 aliphatic heterocycles. The Balaban J connectivity index is 3.11. The molecule has 0 fully saturated rings. The Bertz CT molecular complexity index is 337. The highest BCUT2D eigenvalue weighted by molar-refractivity contribution is 7.99. The fourth-order valence-corrected chi connectivity index (χ4v) is 2.21. The van der Waals surface area contributed by atoms with Gasteiger partial charge in [0.25, 0.3) is 0 Å². The highest BCUT2D eigenvalue weighted by Gasteiger charge is 2.11. The van der Waals surface area contributed by atoms with Crippen LogP contribution in [0.25, 0.3) is 0 Å². The number of hydrogen-bond donors (Lipinski definition) is 0. The molecule has 0 saturated heterocycles. The maximum absolute atomic E-state index is 11.4. The normalized spacial score (nSPS) is 9.93. The van der Waals surface area contributed by atoms with Gasteiger partial charge in [-0.2, -0.15) is 0 Å². The van der Waals surface area contributed by atoms with Gasteiger partial charge in [-0.3, -0.25) is 0 Å². The predicted octanol–water partition coefficient (Wildman–Crippen LogP) is 2.92. The van der Waals surface area contributed by atoms with Gasteiger partial charge in [-0.15, -0.1) is 23.5 Å². The third-order valence-electron chi connectivity index (χ3n) is 1.81. The lowest BCUT2D eigenvalue weighted by Crippen LogP contribution is -2.02. The second-order valence-corrected chi connectivity index (χ2v) is 4.29. The van der Waals surface area contributed by atoms with E-state index in [0.29, 0.717) is 5.56 Å². The van der Waals surface area contributed by atoms with Crippen LogP contribution < -0.4 is 0 Å². The monoisotopic (exact) mass is 228 g/mol. The fourth-order valence-electron chi connectivity index (χ4n) is 1.08. The van der Waals surface area contributed by atoms with Crippen LogP contribution in [0.2, 0.25) is 0 Å². The van der Waals surface area contributed by atoms with Crippen molar-refractivity contribution in [3.8, 4) is 0 Å². The van der Waals surface area contributed by atoms with Crippen LogP contribution in [0.5, 0.6) is 0 Å². The van der Waals surface area contributed by atoms with Gasteiger partial charge in [-0.05, 0) is 30.7 Å². The van der Waals surface area contributed by atoms with Gasteiger partial charge in [0.2, 0.25) is 0 Å². The van der Waals surface area contributed by atoms with E-state index in [-0.39, 0.29) is 5.97 Å². The summed E-state index contributed by atoms with van der Waals surface area (Å²) in [5, 5.41) is 0. The first kappa shape index (κ1) is 11.5. The Kier molecular flexibility index (Phi) is 4.35. The molecule has 0 radical (unpaired) electrons. The molecule has 14 heavy (non-hydrogen) atoms. The third-order valence-corrected chi connectivity index (χ3v) is 3.32. The van der Waals surface area contributed by atoms with Gasteiger partial charge in [0, 0.05) is 9.79 Å². The summed E-state index contributed by atoms with van der Waals surface area (Å²) in [6.07, 6.45) is 3.96. The predicted molar refractivity (Wildman–Crippen MR) is 61.3 cm³/mol. The van der Waals surface area contributed by atoms with Crippen molar-refractivity contribution in [2.75, 3.05) is 19.6 Å². The average molecular weight is 228 g/mol. The van der Waals surface area contributed by atoms with Crippen molar-refractivity contribution in [1.29, 1.82) is 0 Å². The SMILES string of the molecule is COC(=O)c1ccc(SC)cc1SC. The Morgan fingerprint density at radius 3 is 2.50 bits per heavy atom. The van der Waals surface area contributed by atoms with E-state index >= 15 is 0 Å². The summed E-state index contributed by atoms with van der Waals surface area (Å²) >= 11 is 3.22. The van der Waals surface area contributed by atoms with Gasteiger partial charge >= 0.3 is 5.97 Å². The maximum Gasteiger partial charge on any atom is 0.338 e. The van der Waals surface area contributed by atoms with E-state index in [1.54, 1.807) is 23.5 Å². The number of thioether (sulfide) groups is 2. The summed E-state index contributed by atoms with van der Waals surface area (Å²) < 4.78 is 4.69. The Hall–Kier alpha value is -0.610. The summed E-state index contributed by atoms with van der Waals surface area (Å²) in [6, 6.07) is 5.74. The first-order chi connectivity index (χ1) is 6.72. The molecule has 0 aliphatic carbocycles. The second kappa shape index (κ2) is 5.32. The molecule has 4 heteroatoms. The molecule has 1 aromatic carbocycles. The van der Waals surface area contributed by atoms with Crippen molar-refractivity contribution in [3.63, 3.8) is 0 Å². The van der Waals surface area contributed by atoms with Crippen LogP contribution in [-0.4, -0.2) is 25.6 Å². The van der Waals surface area contributed by atoms with E-state index in [1.807, 2.05) is 30.7 Å². The van der Waals surface area contributed by atoms with E-state index in [9.17, 15) is 4.79 Å². The van der Waals surface area contributed by atoms with Crippen LogP contribution in [0.15, 0.2) is 28.0 Å². The molecule has 0 amide bonds. The summed E-state index contributed by atoms with van der Waals surface area (Å²) in [7, 11) is 1.40. The highest BCUT2D eigenvalue weighted by Crippen LogP contribution is 2.26. The van der Waals surface area contributed by atoms with Gasteiger partial charge < -0.3 is 4.74 Å². The first-order valence-corrected chi connectivity index (χ1v) is 6.48. The third kappa shape index (κ3) is 2.45. The zero-order valence-electron chi connectivity index (χ0n) is 8.37. The molecule has 76 valence electrons. The molecule has 1 aromatic rings. The summed E-state index contributed by atoms with van der Waals surface area (Å²) in [5.41, 5.74) is 0.637. The van der Waals surface area contributed by atoms with Crippen LogP contribution in [0, 0.1) is 0 Å². The summed E-state index contributed by atoms with van der Waals surface area (Å²) in [5.74, 6) is -0.276. The molecule has 0 heterocycles. The molecule has 2 nitrogen and oxygen atoms in total. The number of methoxy groups -OCH3 is 1. The standard InChI is InChI=1S/C10H12O2S2/c1-12-10(11)8-5-4-7(13-2)6-9(8)14-3/h4-6H,1-3H3. The van der Waals surface area contributed by atoms with E-state index in [0.717, 1.165) is 9.79 Å². The fraction of sp³-hybridized carbons (Fsp3) is 0.300. The number of carbonyl (C=O) groups is 1. The minimum absolute atomic E-state index is 0.276. The number of benzene rings is 1. The van der Waals surface area contributed by atoms with Crippen LogP contribution in [0.3, 0.4) is 0 Å². The van der Waals surface area contributed by atoms with E-state index < -0.39 is 0 Å². The zero-order chi connectivity index (χ0) is 10.6. The molecule has 0 atom stereocenters. The number of rotatable bonds is 3. The Morgan fingerprint density at radius 2 is 2.00 bits per heavy atom. The van der Waals surface area contributed by atoms with Gasteiger partial charge in [0.15, 0.2) is 0 Å². The maximum atomic E-state index is 11.4. The minimum atomic E-state index is -0.276. The van der Waals surface area contributed by atoms with Crippen molar-refractivity contribution in [2.24, 2.45) is 0 Å². The number of hydrogen-bond acceptors (Lipinski definition) is 4. The Morgan fingerprint density at radius 1 is 1.29 bits per heavy atom. The van der Waals surface area contributed by atoms with Crippen molar-refractivity contribution in [3.05, 3.63) is 23.8 Å². The number of ether oxygens (including phenoxy) is 1. The van der Waals surface area contributed by atoms with E-state index in [4.69, 9.17) is 4.74 Å².